The second-order valence-electron chi connectivity index (χ2n) is 4.39. The first-order valence-electron chi connectivity index (χ1n) is 5.68. The van der Waals surface area contributed by atoms with Crippen molar-refractivity contribution in [2.24, 2.45) is 7.05 Å². The fraction of sp³-hybridized carbons (Fsp3) is 0.167. The quantitative estimate of drug-likeness (QED) is 0.777. The second kappa shape index (κ2) is 4.48. The van der Waals surface area contributed by atoms with Crippen LogP contribution in [0.4, 0.5) is 10.1 Å². The fourth-order valence-corrected chi connectivity index (χ4v) is 2.42. The van der Waals surface area contributed by atoms with E-state index in [2.05, 4.69) is 26.2 Å². The summed E-state index contributed by atoms with van der Waals surface area (Å²) >= 11 is 3.00. The Balaban J connectivity index is 2.03. The van der Waals surface area contributed by atoms with Crippen molar-refractivity contribution in [1.29, 1.82) is 0 Å². The Morgan fingerprint density at radius 1 is 1.35 bits per heavy atom. The third-order valence-electron chi connectivity index (χ3n) is 2.98. The number of amides is 1. The predicted octanol–water partition coefficient (Wildman–Crippen LogP) is 1.45. The van der Waals surface area contributed by atoms with E-state index in [1.165, 1.54) is 21.7 Å². The molecule has 20 heavy (non-hydrogen) atoms. The first-order valence-corrected chi connectivity index (χ1v) is 6.47. The lowest BCUT2D eigenvalue weighted by Gasteiger charge is -2.14. The molecule has 0 fully saturated rings. The molecule has 0 aliphatic carbocycles. The van der Waals surface area contributed by atoms with Crippen LogP contribution >= 0.6 is 15.9 Å². The average Bonchev–Trinajstić information content (AvgIpc) is 2.90. The monoisotopic (exact) mass is 338 g/mol. The van der Waals surface area contributed by atoms with Crippen LogP contribution in [0.5, 0.6) is 0 Å². The molecule has 0 saturated carbocycles. The summed E-state index contributed by atoms with van der Waals surface area (Å²) in [6.45, 7) is 0.0759. The van der Waals surface area contributed by atoms with Crippen molar-refractivity contribution >= 4 is 33.3 Å². The average molecular weight is 339 g/mol. The van der Waals surface area contributed by atoms with Gasteiger partial charge in [0.2, 0.25) is 0 Å². The molecule has 1 aliphatic rings. The number of rotatable bonds is 2. The molecule has 0 N–H and O–H groups in total. The zero-order valence-corrected chi connectivity index (χ0v) is 11.9. The summed E-state index contributed by atoms with van der Waals surface area (Å²) in [5.41, 5.74) is 0.961. The van der Waals surface area contributed by atoms with Crippen LogP contribution in [0.2, 0.25) is 0 Å². The summed E-state index contributed by atoms with van der Waals surface area (Å²) in [6, 6.07) is 2.49. The normalized spacial score (nSPS) is 14.1. The maximum atomic E-state index is 13.6. The lowest BCUT2D eigenvalue weighted by Crippen LogP contribution is -2.29. The molecule has 0 saturated heterocycles. The number of halogens is 2. The highest BCUT2D eigenvalue weighted by atomic mass is 79.9. The highest BCUT2D eigenvalue weighted by molar-refractivity contribution is 9.10. The van der Waals surface area contributed by atoms with Crippen LogP contribution < -0.4 is 4.90 Å². The number of hydrogen-bond acceptors (Lipinski definition) is 4. The number of carbonyl (C=O) groups excluding carboxylic acids is 2. The van der Waals surface area contributed by atoms with E-state index in [0.29, 0.717) is 5.69 Å². The van der Waals surface area contributed by atoms with Crippen LogP contribution in [0.25, 0.3) is 0 Å². The number of hydrogen-bond donors (Lipinski definition) is 0. The third kappa shape index (κ3) is 1.92. The molecular formula is C12H8BrFN4O2. The topological polar surface area (TPSA) is 68.1 Å². The molecule has 8 heteroatoms. The minimum atomic E-state index is -0.692. The van der Waals surface area contributed by atoms with Gasteiger partial charge in [-0.25, -0.2) is 4.39 Å². The number of benzene rings is 1. The summed E-state index contributed by atoms with van der Waals surface area (Å²) in [4.78, 5) is 25.1. The summed E-state index contributed by atoms with van der Waals surface area (Å²) in [5, 5.41) is 7.61. The SMILES string of the molecule is Cn1cc(CN2C(=O)C(=O)c3cc(Br)c(F)cc32)nn1. The van der Waals surface area contributed by atoms with Gasteiger partial charge in [-0.2, -0.15) is 0 Å². The van der Waals surface area contributed by atoms with Crippen molar-refractivity contribution in [3.8, 4) is 0 Å². The molecule has 0 radical (unpaired) electrons. The second-order valence-corrected chi connectivity index (χ2v) is 5.24. The Kier molecular flexibility index (Phi) is 2.89. The predicted molar refractivity (Wildman–Crippen MR) is 70.6 cm³/mol. The van der Waals surface area contributed by atoms with E-state index >= 15 is 0 Å². The van der Waals surface area contributed by atoms with Crippen molar-refractivity contribution in [1.82, 2.24) is 15.0 Å². The van der Waals surface area contributed by atoms with Gasteiger partial charge in [-0.3, -0.25) is 19.2 Å². The van der Waals surface area contributed by atoms with E-state index in [1.54, 1.807) is 13.2 Å². The molecule has 3 rings (SSSR count). The first kappa shape index (κ1) is 12.9. The molecule has 1 aromatic carbocycles. The van der Waals surface area contributed by atoms with E-state index in [-0.39, 0.29) is 22.3 Å². The Labute approximate surface area is 121 Å². The number of aromatic nitrogens is 3. The lowest BCUT2D eigenvalue weighted by atomic mass is 10.1. The van der Waals surface area contributed by atoms with Crippen LogP contribution in [-0.2, 0) is 18.4 Å². The van der Waals surface area contributed by atoms with Gasteiger partial charge in [-0.05, 0) is 28.1 Å². The number of aryl methyl sites for hydroxylation is 1. The number of carbonyl (C=O) groups is 2. The van der Waals surface area contributed by atoms with Gasteiger partial charge in [0.15, 0.2) is 0 Å². The Hall–Kier alpha value is -2.09. The molecule has 102 valence electrons. The summed E-state index contributed by atoms with van der Waals surface area (Å²) in [5.74, 6) is -1.87. The van der Waals surface area contributed by atoms with Crippen LogP contribution in [0.1, 0.15) is 16.1 Å². The third-order valence-corrected chi connectivity index (χ3v) is 3.59. The van der Waals surface area contributed by atoms with Crippen LogP contribution in [-0.4, -0.2) is 26.7 Å². The largest absolute Gasteiger partial charge is 0.299 e. The van der Waals surface area contributed by atoms with Gasteiger partial charge in [0, 0.05) is 13.2 Å². The van der Waals surface area contributed by atoms with Crippen molar-refractivity contribution in [3.63, 3.8) is 0 Å². The molecule has 1 amide bonds. The fourth-order valence-electron chi connectivity index (χ4n) is 2.08. The van der Waals surface area contributed by atoms with Gasteiger partial charge in [-0.1, -0.05) is 5.21 Å². The first-order chi connectivity index (χ1) is 9.47. The number of Topliss-reactive ketones (excluding diaryl/α,β-unsaturated/α-hetero) is 1. The molecule has 0 atom stereocenters. The van der Waals surface area contributed by atoms with Gasteiger partial charge in [0.25, 0.3) is 11.7 Å². The van der Waals surface area contributed by atoms with Gasteiger partial charge < -0.3 is 0 Å². The van der Waals surface area contributed by atoms with Crippen LogP contribution in [0.3, 0.4) is 0 Å². The van der Waals surface area contributed by atoms with Crippen LogP contribution in [0.15, 0.2) is 22.8 Å². The lowest BCUT2D eigenvalue weighted by molar-refractivity contribution is -0.114. The van der Waals surface area contributed by atoms with E-state index in [1.807, 2.05) is 0 Å². The summed E-state index contributed by atoms with van der Waals surface area (Å²) in [6.07, 6.45) is 1.63. The van der Waals surface area contributed by atoms with E-state index in [0.717, 1.165) is 0 Å². The molecule has 0 bridgehead atoms. The number of anilines is 1. The van der Waals surface area contributed by atoms with Crippen molar-refractivity contribution in [2.45, 2.75) is 6.54 Å². The smallest absolute Gasteiger partial charge is 0.299 e. The van der Waals surface area contributed by atoms with Gasteiger partial charge in [0.05, 0.1) is 22.3 Å². The molecule has 1 aromatic heterocycles. The highest BCUT2D eigenvalue weighted by Gasteiger charge is 2.37. The maximum Gasteiger partial charge on any atom is 0.299 e. The van der Waals surface area contributed by atoms with Crippen molar-refractivity contribution in [3.05, 3.63) is 39.9 Å². The van der Waals surface area contributed by atoms with Crippen molar-refractivity contribution in [2.75, 3.05) is 4.90 Å². The van der Waals surface area contributed by atoms with E-state index in [4.69, 9.17) is 0 Å². The standard InChI is InChI=1S/C12H8BrFN4O2/c1-17-4-6(15-16-17)5-18-10-3-9(14)8(13)2-7(10)11(19)12(18)20/h2-4H,5H2,1H3. The summed E-state index contributed by atoms with van der Waals surface area (Å²) in [7, 11) is 1.69. The Morgan fingerprint density at radius 2 is 2.10 bits per heavy atom. The van der Waals surface area contributed by atoms with Crippen molar-refractivity contribution < 1.29 is 14.0 Å². The number of nitrogens with zero attached hydrogens (tertiary/aromatic N) is 4. The Bertz CT molecular complexity index is 743. The molecule has 0 unspecified atom stereocenters. The van der Waals surface area contributed by atoms with Gasteiger partial charge >= 0.3 is 0 Å². The highest BCUT2D eigenvalue weighted by Crippen LogP contribution is 2.34. The molecule has 6 nitrogen and oxygen atoms in total. The molecule has 1 aliphatic heterocycles. The molecular weight excluding hydrogens is 331 g/mol. The number of fused-ring (bicyclic) bond motifs is 1. The minimum absolute atomic E-state index is 0.0759. The van der Waals surface area contributed by atoms with E-state index < -0.39 is 17.5 Å². The Morgan fingerprint density at radius 3 is 2.75 bits per heavy atom. The summed E-state index contributed by atoms with van der Waals surface area (Å²) < 4.78 is 15.3. The molecule has 0 spiro atoms. The number of ketones is 1. The zero-order valence-electron chi connectivity index (χ0n) is 10.3. The zero-order chi connectivity index (χ0) is 14.4. The maximum absolute atomic E-state index is 13.6. The van der Waals surface area contributed by atoms with E-state index in [9.17, 15) is 14.0 Å². The van der Waals surface area contributed by atoms with Crippen LogP contribution in [0, 0.1) is 5.82 Å². The molecule has 2 aromatic rings. The molecule has 2 heterocycles. The minimum Gasteiger partial charge on any atom is -0.299 e. The van der Waals surface area contributed by atoms with Gasteiger partial charge in [-0.15, -0.1) is 5.10 Å². The van der Waals surface area contributed by atoms with Gasteiger partial charge in [0.1, 0.15) is 11.5 Å².